The number of carbonyl (C=O) groups is 1. The molecule has 4 heteroatoms. The molecular weight excluding hydrogens is 178 g/mol. The molecule has 0 aromatic carbocycles. The number of likely N-dealkylation sites (tertiary alicyclic amines) is 1. The molecule has 1 saturated heterocycles. The second-order valence-corrected chi connectivity index (χ2v) is 3.98. The number of hydrogen-bond acceptors (Lipinski definition) is 3. The summed E-state index contributed by atoms with van der Waals surface area (Å²) in [5.41, 5.74) is 0. The Morgan fingerprint density at radius 1 is 1.57 bits per heavy atom. The lowest BCUT2D eigenvalue weighted by molar-refractivity contribution is -0.120. The third kappa shape index (κ3) is 4.07. The Balaban J connectivity index is 2.05. The summed E-state index contributed by atoms with van der Waals surface area (Å²) in [7, 11) is 2.11. The quantitative estimate of drug-likeness (QED) is 0.645. The monoisotopic (exact) mass is 199 g/mol. The highest BCUT2D eigenvalue weighted by Crippen LogP contribution is 2.05. The van der Waals surface area contributed by atoms with Crippen LogP contribution in [0.15, 0.2) is 0 Å². The first-order chi connectivity index (χ1) is 6.72. The zero-order valence-electron chi connectivity index (χ0n) is 9.18. The first-order valence-electron chi connectivity index (χ1n) is 5.41. The summed E-state index contributed by atoms with van der Waals surface area (Å²) in [6.45, 7) is 5.48. The molecule has 0 radical (unpaired) electrons. The fourth-order valence-corrected chi connectivity index (χ4v) is 1.67. The molecule has 1 unspecified atom stereocenters. The molecule has 1 atom stereocenters. The highest BCUT2D eigenvalue weighted by atomic mass is 16.1. The van der Waals surface area contributed by atoms with Crippen molar-refractivity contribution in [3.05, 3.63) is 0 Å². The standard InChI is InChI=1S/C10H21N3O/c1-3-5-11-10(14)7-12-9-4-6-13(2)8-9/h9,12H,3-8H2,1-2H3,(H,11,14). The van der Waals surface area contributed by atoms with E-state index < -0.39 is 0 Å². The predicted molar refractivity (Wildman–Crippen MR) is 57.2 cm³/mol. The smallest absolute Gasteiger partial charge is 0.233 e. The second kappa shape index (κ2) is 5.98. The Kier molecular flexibility index (Phi) is 4.90. The highest BCUT2D eigenvalue weighted by molar-refractivity contribution is 5.77. The summed E-state index contributed by atoms with van der Waals surface area (Å²) in [6, 6.07) is 0.493. The Morgan fingerprint density at radius 3 is 2.93 bits per heavy atom. The Hall–Kier alpha value is -0.610. The molecule has 0 aliphatic carbocycles. The van der Waals surface area contributed by atoms with Crippen molar-refractivity contribution in [3.8, 4) is 0 Å². The molecule has 1 aliphatic rings. The van der Waals surface area contributed by atoms with Gasteiger partial charge >= 0.3 is 0 Å². The van der Waals surface area contributed by atoms with Crippen molar-refractivity contribution in [2.45, 2.75) is 25.8 Å². The van der Waals surface area contributed by atoms with E-state index in [0.29, 0.717) is 12.6 Å². The Morgan fingerprint density at radius 2 is 2.36 bits per heavy atom. The van der Waals surface area contributed by atoms with Crippen molar-refractivity contribution in [3.63, 3.8) is 0 Å². The van der Waals surface area contributed by atoms with Gasteiger partial charge in [-0.05, 0) is 26.4 Å². The maximum Gasteiger partial charge on any atom is 0.233 e. The first-order valence-corrected chi connectivity index (χ1v) is 5.41. The first kappa shape index (κ1) is 11.5. The van der Waals surface area contributed by atoms with Crippen LogP contribution < -0.4 is 10.6 Å². The van der Waals surface area contributed by atoms with Crippen LogP contribution in [0, 0.1) is 0 Å². The van der Waals surface area contributed by atoms with Crippen LogP contribution in [-0.2, 0) is 4.79 Å². The summed E-state index contributed by atoms with van der Waals surface area (Å²) in [4.78, 5) is 13.5. The average Bonchev–Trinajstić information content (AvgIpc) is 2.58. The lowest BCUT2D eigenvalue weighted by Gasteiger charge is -2.12. The highest BCUT2D eigenvalue weighted by Gasteiger charge is 2.18. The van der Waals surface area contributed by atoms with Gasteiger partial charge < -0.3 is 15.5 Å². The topological polar surface area (TPSA) is 44.4 Å². The van der Waals surface area contributed by atoms with Gasteiger partial charge in [-0.3, -0.25) is 4.79 Å². The molecule has 2 N–H and O–H groups in total. The molecule has 82 valence electrons. The molecule has 0 saturated carbocycles. The lowest BCUT2D eigenvalue weighted by Crippen LogP contribution is -2.40. The van der Waals surface area contributed by atoms with Crippen molar-refractivity contribution in [1.29, 1.82) is 0 Å². The molecule has 1 rings (SSSR count). The summed E-state index contributed by atoms with van der Waals surface area (Å²) in [5.74, 6) is 0.112. The van der Waals surface area contributed by atoms with Crippen LogP contribution >= 0.6 is 0 Å². The largest absolute Gasteiger partial charge is 0.355 e. The van der Waals surface area contributed by atoms with Gasteiger partial charge in [-0.1, -0.05) is 6.92 Å². The summed E-state index contributed by atoms with van der Waals surface area (Å²) >= 11 is 0. The number of rotatable bonds is 5. The number of likely N-dealkylation sites (N-methyl/N-ethyl adjacent to an activating group) is 1. The summed E-state index contributed by atoms with van der Waals surface area (Å²) in [5, 5.41) is 6.12. The normalized spacial score (nSPS) is 22.6. The number of carbonyl (C=O) groups excluding carboxylic acids is 1. The SMILES string of the molecule is CCCNC(=O)CNC1CCN(C)C1. The number of hydrogen-bond donors (Lipinski definition) is 2. The van der Waals surface area contributed by atoms with Gasteiger partial charge in [-0.15, -0.1) is 0 Å². The molecule has 0 aromatic rings. The van der Waals surface area contributed by atoms with Gasteiger partial charge in [0.05, 0.1) is 6.54 Å². The van der Waals surface area contributed by atoms with Crippen LogP contribution in [-0.4, -0.2) is 50.1 Å². The number of amides is 1. The summed E-state index contributed by atoms with van der Waals surface area (Å²) < 4.78 is 0. The van der Waals surface area contributed by atoms with Crippen LogP contribution in [0.5, 0.6) is 0 Å². The van der Waals surface area contributed by atoms with E-state index in [1.807, 2.05) is 0 Å². The number of nitrogens with one attached hydrogen (secondary N) is 2. The zero-order valence-corrected chi connectivity index (χ0v) is 9.18. The minimum atomic E-state index is 0.112. The second-order valence-electron chi connectivity index (χ2n) is 3.98. The fraction of sp³-hybridized carbons (Fsp3) is 0.900. The van der Waals surface area contributed by atoms with Crippen molar-refractivity contribution >= 4 is 5.91 Å². The van der Waals surface area contributed by atoms with E-state index in [1.165, 1.54) is 0 Å². The molecule has 0 spiro atoms. The van der Waals surface area contributed by atoms with E-state index in [-0.39, 0.29) is 5.91 Å². The maximum atomic E-state index is 11.3. The van der Waals surface area contributed by atoms with E-state index in [4.69, 9.17) is 0 Å². The predicted octanol–water partition coefficient (Wildman–Crippen LogP) is -0.194. The van der Waals surface area contributed by atoms with E-state index >= 15 is 0 Å². The van der Waals surface area contributed by atoms with E-state index in [9.17, 15) is 4.79 Å². The van der Waals surface area contributed by atoms with Crippen LogP contribution in [0.3, 0.4) is 0 Å². The minimum absolute atomic E-state index is 0.112. The van der Waals surface area contributed by atoms with E-state index in [1.54, 1.807) is 0 Å². The van der Waals surface area contributed by atoms with Gasteiger partial charge in [-0.2, -0.15) is 0 Å². The molecule has 1 aliphatic heterocycles. The number of nitrogens with zero attached hydrogens (tertiary/aromatic N) is 1. The molecule has 1 amide bonds. The molecule has 14 heavy (non-hydrogen) atoms. The maximum absolute atomic E-state index is 11.3. The third-order valence-electron chi connectivity index (χ3n) is 2.51. The van der Waals surface area contributed by atoms with Crippen LogP contribution in [0.1, 0.15) is 19.8 Å². The van der Waals surface area contributed by atoms with Gasteiger partial charge in [0.25, 0.3) is 0 Å². The molecule has 1 heterocycles. The minimum Gasteiger partial charge on any atom is -0.355 e. The molecular formula is C10H21N3O. The van der Waals surface area contributed by atoms with Crippen LogP contribution in [0.2, 0.25) is 0 Å². The summed E-state index contributed by atoms with van der Waals surface area (Å²) in [6.07, 6.45) is 2.15. The Bertz CT molecular complexity index is 184. The van der Waals surface area contributed by atoms with Crippen LogP contribution in [0.25, 0.3) is 0 Å². The lowest BCUT2D eigenvalue weighted by atomic mass is 10.2. The van der Waals surface area contributed by atoms with Crippen molar-refractivity contribution in [2.24, 2.45) is 0 Å². The zero-order chi connectivity index (χ0) is 10.4. The Labute approximate surface area is 86.0 Å². The van der Waals surface area contributed by atoms with Crippen LogP contribution in [0.4, 0.5) is 0 Å². The molecule has 4 nitrogen and oxygen atoms in total. The van der Waals surface area contributed by atoms with Crippen molar-refractivity contribution < 1.29 is 4.79 Å². The average molecular weight is 199 g/mol. The molecule has 0 aromatic heterocycles. The van der Waals surface area contributed by atoms with Gasteiger partial charge in [-0.25, -0.2) is 0 Å². The third-order valence-corrected chi connectivity index (χ3v) is 2.51. The molecule has 1 fully saturated rings. The van der Waals surface area contributed by atoms with Gasteiger partial charge in [0.1, 0.15) is 0 Å². The van der Waals surface area contributed by atoms with Crippen molar-refractivity contribution in [1.82, 2.24) is 15.5 Å². The van der Waals surface area contributed by atoms with Crippen molar-refractivity contribution in [2.75, 3.05) is 33.2 Å². The van der Waals surface area contributed by atoms with E-state index in [2.05, 4.69) is 29.5 Å². The fourth-order valence-electron chi connectivity index (χ4n) is 1.67. The van der Waals surface area contributed by atoms with Gasteiger partial charge in [0, 0.05) is 19.1 Å². The molecule has 0 bridgehead atoms. The van der Waals surface area contributed by atoms with Gasteiger partial charge in [0.15, 0.2) is 0 Å². The van der Waals surface area contributed by atoms with Gasteiger partial charge in [0.2, 0.25) is 5.91 Å². The van der Waals surface area contributed by atoms with E-state index in [0.717, 1.165) is 32.5 Å².